The molecule has 0 spiro atoms. The molecule has 6 N–H and O–H groups in total. The Hall–Kier alpha value is 1.80. The monoisotopic (exact) mass is 557 g/mol. The zero-order valence-corrected chi connectivity index (χ0v) is 26.5. The van der Waals surface area contributed by atoms with Gasteiger partial charge >= 0.3 is 88.7 Å². The van der Waals surface area contributed by atoms with Gasteiger partial charge in [0.05, 0.1) is 20.8 Å². The van der Waals surface area contributed by atoms with E-state index < -0.39 is 46.8 Å². The number of nitrogens with two attached hydrogens (primary N) is 1. The average Bonchev–Trinajstić information content (AvgIpc) is 3.13. The smallest absolute Gasteiger partial charge is 0.790 e. The van der Waals surface area contributed by atoms with Crippen LogP contribution in [-0.4, -0.2) is 66.4 Å². The van der Waals surface area contributed by atoms with Crippen LogP contribution in [0.4, 0.5) is 5.82 Å². The maximum atomic E-state index is 11.3. The van der Waals surface area contributed by atoms with E-state index >= 15 is 0 Å². The standard InChI is InChI=1S/C11H17N5O10P2S.3Na.H2O/c1-29-11-14-8(12)5-9(15-11)16(3-13-5)10-7(18)6(17)4(25-10)2-24-28(22,23)26-27(19,20)21;;;;/h3-4,6-7,10,17-18H,2H2,1H3,(H,22,23)(H2,12,14,15)(H2,19,20,21);;;;1H2/q;3*+1;/p-3/t4-,6-,7-,10-;;;;/m1..../s1. The van der Waals surface area contributed by atoms with Crippen LogP contribution in [0.5, 0.6) is 0 Å². The Balaban J connectivity index is 0. The number of hydrogen-bond acceptors (Lipinski definition) is 15. The number of anilines is 1. The van der Waals surface area contributed by atoms with Gasteiger partial charge in [0.2, 0.25) is 0 Å². The number of ether oxygens (including phenoxy) is 1. The molecule has 0 aliphatic carbocycles. The number of hydrogen-bond donors (Lipinski definition) is 3. The molecule has 0 aromatic carbocycles. The third-order valence-electron chi connectivity index (χ3n) is 3.82. The first-order valence-electron chi connectivity index (χ1n) is 7.66. The van der Waals surface area contributed by atoms with Gasteiger partial charge in [-0.3, -0.25) is 13.4 Å². The SMILES string of the molecule is CSc1nc(N)c2ncn([C@@H]3O[C@H](COP(=O)([O-])OP(=O)([O-])[O-])[C@@H](O)[C@H]3O)c2n1.O.[Na+].[Na+].[Na+]. The van der Waals surface area contributed by atoms with E-state index in [0.717, 1.165) is 0 Å². The van der Waals surface area contributed by atoms with Gasteiger partial charge in [-0.15, -0.1) is 0 Å². The molecule has 0 radical (unpaired) electrons. The van der Waals surface area contributed by atoms with Gasteiger partial charge in [0.1, 0.15) is 23.8 Å². The van der Waals surface area contributed by atoms with E-state index in [9.17, 15) is 34.0 Å². The minimum Gasteiger partial charge on any atom is -0.790 e. The van der Waals surface area contributed by atoms with Gasteiger partial charge in [-0.1, -0.05) is 11.8 Å². The number of aliphatic hydroxyl groups excluding tert-OH is 2. The number of aromatic nitrogens is 4. The molecule has 1 aliphatic heterocycles. The van der Waals surface area contributed by atoms with Crippen LogP contribution in [0.1, 0.15) is 6.23 Å². The van der Waals surface area contributed by atoms with E-state index in [1.165, 1.54) is 22.7 Å². The fourth-order valence-corrected chi connectivity index (χ4v) is 4.47. The predicted octanol–water partition coefficient (Wildman–Crippen LogP) is -12.7. The van der Waals surface area contributed by atoms with Gasteiger partial charge in [0.15, 0.2) is 22.8 Å². The number of aliphatic hydroxyl groups is 2. The van der Waals surface area contributed by atoms with Crippen molar-refractivity contribution >= 4 is 44.4 Å². The molecule has 3 rings (SSSR count). The normalized spacial score (nSPS) is 24.1. The first-order valence-corrected chi connectivity index (χ1v) is 11.8. The summed E-state index contributed by atoms with van der Waals surface area (Å²) in [6, 6.07) is 0. The molecule has 0 saturated carbocycles. The molecule has 5 atom stereocenters. The fourth-order valence-electron chi connectivity index (χ4n) is 2.60. The van der Waals surface area contributed by atoms with Crippen LogP contribution >= 0.6 is 27.4 Å². The minimum absolute atomic E-state index is 0. The Labute approximate surface area is 257 Å². The van der Waals surface area contributed by atoms with Crippen LogP contribution < -0.4 is 109 Å². The molecule has 2 aromatic rings. The van der Waals surface area contributed by atoms with Crippen LogP contribution in [0, 0.1) is 0 Å². The fraction of sp³-hybridized carbons (Fsp3) is 0.545. The van der Waals surface area contributed by atoms with Crippen LogP contribution in [0.25, 0.3) is 11.2 Å². The van der Waals surface area contributed by atoms with E-state index in [-0.39, 0.29) is 111 Å². The molecular formula is C11H16N5Na3O11P2S. The summed E-state index contributed by atoms with van der Waals surface area (Å²) in [6.07, 6.45) is -2.93. The minimum atomic E-state index is -5.86. The molecule has 1 unspecified atom stereocenters. The Bertz CT molecular complexity index is 1020. The number of rotatable bonds is 7. The molecule has 16 nitrogen and oxygen atoms in total. The van der Waals surface area contributed by atoms with E-state index in [1.54, 1.807) is 6.26 Å². The van der Waals surface area contributed by atoms with Crippen molar-refractivity contribution in [2.75, 3.05) is 18.6 Å². The van der Waals surface area contributed by atoms with Crippen LogP contribution in [-0.2, 0) is 22.7 Å². The number of thioether (sulfide) groups is 1. The molecule has 170 valence electrons. The molecule has 1 fully saturated rings. The van der Waals surface area contributed by atoms with Crippen molar-refractivity contribution in [3.05, 3.63) is 6.33 Å². The van der Waals surface area contributed by atoms with Crippen molar-refractivity contribution in [1.29, 1.82) is 0 Å². The summed E-state index contributed by atoms with van der Waals surface area (Å²) in [7, 11) is -11.4. The summed E-state index contributed by atoms with van der Waals surface area (Å²) < 4.78 is 36.0. The van der Waals surface area contributed by atoms with E-state index in [2.05, 4.69) is 23.8 Å². The maximum absolute atomic E-state index is 11.3. The van der Waals surface area contributed by atoms with Crippen LogP contribution in [0.15, 0.2) is 11.5 Å². The number of nitrogens with zero attached hydrogens (tertiary/aromatic N) is 4. The van der Waals surface area contributed by atoms with Gasteiger partial charge < -0.3 is 49.9 Å². The molecule has 0 amide bonds. The quantitative estimate of drug-likeness (QED) is 0.123. The van der Waals surface area contributed by atoms with Gasteiger partial charge in [-0.05, 0) is 6.26 Å². The first kappa shape index (κ1) is 37.0. The van der Waals surface area contributed by atoms with Crippen molar-refractivity contribution in [3.63, 3.8) is 0 Å². The van der Waals surface area contributed by atoms with E-state index in [0.29, 0.717) is 5.16 Å². The summed E-state index contributed by atoms with van der Waals surface area (Å²) in [5, 5.41) is 20.7. The van der Waals surface area contributed by atoms with Crippen molar-refractivity contribution in [1.82, 2.24) is 19.5 Å². The summed E-state index contributed by atoms with van der Waals surface area (Å²) >= 11 is 1.20. The predicted molar refractivity (Wildman–Crippen MR) is 93.3 cm³/mol. The number of nitrogen functional groups attached to an aromatic ring is 1. The Kier molecular flexibility index (Phi) is 16.4. The maximum Gasteiger partial charge on any atom is 1.00 e. The third kappa shape index (κ3) is 9.25. The number of imidazole rings is 1. The Morgan fingerprint density at radius 3 is 2.36 bits per heavy atom. The Morgan fingerprint density at radius 2 is 1.82 bits per heavy atom. The second-order valence-electron chi connectivity index (χ2n) is 5.74. The second kappa shape index (κ2) is 14.7. The summed E-state index contributed by atoms with van der Waals surface area (Å²) in [4.78, 5) is 44.5. The molecule has 3 heterocycles. The Morgan fingerprint density at radius 1 is 1.21 bits per heavy atom. The first-order chi connectivity index (χ1) is 13.4. The third-order valence-corrected chi connectivity index (χ3v) is 6.43. The molecule has 33 heavy (non-hydrogen) atoms. The van der Waals surface area contributed by atoms with Crippen LogP contribution in [0.2, 0.25) is 0 Å². The van der Waals surface area contributed by atoms with Crippen molar-refractivity contribution < 1.29 is 142 Å². The molecule has 0 bridgehead atoms. The molecule has 22 heteroatoms. The zero-order chi connectivity index (χ0) is 21.6. The van der Waals surface area contributed by atoms with Gasteiger partial charge in [0.25, 0.3) is 7.82 Å². The number of phosphoric acid groups is 2. The molecule has 1 saturated heterocycles. The summed E-state index contributed by atoms with van der Waals surface area (Å²) in [5.41, 5.74) is 6.22. The second-order valence-corrected chi connectivity index (χ2v) is 9.21. The van der Waals surface area contributed by atoms with Gasteiger partial charge in [0, 0.05) is 0 Å². The van der Waals surface area contributed by atoms with Crippen molar-refractivity contribution in [3.8, 4) is 0 Å². The summed E-state index contributed by atoms with van der Waals surface area (Å²) in [5.74, 6) is 0.0788. The molecule has 1 aliphatic rings. The van der Waals surface area contributed by atoms with Crippen LogP contribution in [0.3, 0.4) is 0 Å². The largest absolute Gasteiger partial charge is 1.00 e. The van der Waals surface area contributed by atoms with Gasteiger partial charge in [-0.25, -0.2) is 15.0 Å². The van der Waals surface area contributed by atoms with E-state index in [1.807, 2.05) is 0 Å². The number of fused-ring (bicyclic) bond motifs is 1. The number of phosphoric ester groups is 1. The molecular weight excluding hydrogens is 541 g/mol. The zero-order valence-electron chi connectivity index (χ0n) is 17.9. The van der Waals surface area contributed by atoms with Crippen molar-refractivity contribution in [2.24, 2.45) is 0 Å². The van der Waals surface area contributed by atoms with Gasteiger partial charge in [-0.2, -0.15) is 0 Å². The van der Waals surface area contributed by atoms with E-state index in [4.69, 9.17) is 10.5 Å². The van der Waals surface area contributed by atoms with Crippen molar-refractivity contribution in [2.45, 2.75) is 29.7 Å². The molecule has 2 aromatic heterocycles. The average molecular weight is 557 g/mol. The topological polar surface area (TPSA) is 273 Å². The summed E-state index contributed by atoms with van der Waals surface area (Å²) in [6.45, 7) is -0.935.